The number of ether oxygens (including phenoxy) is 2. The Morgan fingerprint density at radius 1 is 1.23 bits per heavy atom. The molecule has 0 radical (unpaired) electrons. The van der Waals surface area contributed by atoms with Gasteiger partial charge in [-0.3, -0.25) is 4.79 Å². The topological polar surface area (TPSA) is 35.5 Å². The first-order valence-corrected chi connectivity index (χ1v) is 8.03. The lowest BCUT2D eigenvalue weighted by atomic mass is 9.78. The van der Waals surface area contributed by atoms with Crippen molar-refractivity contribution in [1.82, 2.24) is 0 Å². The molecule has 2 aromatic carbocycles. The number of esters is 1. The third kappa shape index (κ3) is 2.75. The van der Waals surface area contributed by atoms with E-state index in [1.165, 1.54) is 0 Å². The fourth-order valence-electron chi connectivity index (χ4n) is 2.68. The average Bonchev–Trinajstić information content (AvgIpc) is 2.55. The van der Waals surface area contributed by atoms with Gasteiger partial charge in [-0.15, -0.1) is 0 Å². The summed E-state index contributed by atoms with van der Waals surface area (Å²) in [5.74, 6) is 0.534. The summed E-state index contributed by atoms with van der Waals surface area (Å²) in [6.45, 7) is 2.72. The van der Waals surface area contributed by atoms with Crippen molar-refractivity contribution in [3.8, 4) is 5.75 Å². The van der Waals surface area contributed by atoms with Crippen molar-refractivity contribution in [2.75, 3.05) is 6.61 Å². The summed E-state index contributed by atoms with van der Waals surface area (Å²) in [4.78, 5) is 12.7. The lowest BCUT2D eigenvalue weighted by Crippen LogP contribution is -2.39. The van der Waals surface area contributed by atoms with Gasteiger partial charge in [0.2, 0.25) is 0 Å². The Morgan fingerprint density at radius 2 is 2.00 bits per heavy atom. The molecule has 1 aliphatic heterocycles. The Bertz CT molecular complexity index is 684. The molecule has 0 N–H and O–H groups in total. The minimum Gasteiger partial charge on any atom is -0.492 e. The minimum absolute atomic E-state index is 0.209. The van der Waals surface area contributed by atoms with Crippen molar-refractivity contribution in [2.24, 2.45) is 0 Å². The zero-order valence-corrected chi connectivity index (χ0v) is 13.9. The van der Waals surface area contributed by atoms with E-state index in [2.05, 4.69) is 15.9 Å². The predicted molar refractivity (Wildman–Crippen MR) is 87.8 cm³/mol. The van der Waals surface area contributed by atoms with Crippen LogP contribution in [0.2, 0.25) is 0 Å². The van der Waals surface area contributed by atoms with Crippen LogP contribution in [0.3, 0.4) is 0 Å². The van der Waals surface area contributed by atoms with Gasteiger partial charge in [-0.25, -0.2) is 0 Å². The molecule has 1 aliphatic rings. The fourth-order valence-corrected chi connectivity index (χ4v) is 3.16. The Balaban J connectivity index is 1.82. The highest BCUT2D eigenvalue weighted by molar-refractivity contribution is 9.10. The zero-order valence-electron chi connectivity index (χ0n) is 12.3. The molecule has 0 aromatic heterocycles. The van der Waals surface area contributed by atoms with E-state index >= 15 is 0 Å². The molecule has 0 saturated carbocycles. The molecule has 3 nitrogen and oxygen atoms in total. The second kappa shape index (κ2) is 6.13. The van der Waals surface area contributed by atoms with Crippen LogP contribution in [0.4, 0.5) is 0 Å². The first kappa shape index (κ1) is 15.1. The van der Waals surface area contributed by atoms with Crippen LogP contribution in [0.25, 0.3) is 0 Å². The third-order valence-corrected chi connectivity index (χ3v) is 4.70. The van der Waals surface area contributed by atoms with Crippen LogP contribution in [0.15, 0.2) is 53.0 Å². The second-order valence-corrected chi connectivity index (χ2v) is 6.46. The molecular weight excluding hydrogens is 344 g/mol. The maximum absolute atomic E-state index is 12.7. The first-order valence-electron chi connectivity index (χ1n) is 7.24. The molecule has 0 aliphatic carbocycles. The zero-order chi connectivity index (χ0) is 15.6. The Labute approximate surface area is 138 Å². The molecular formula is C18H17BrO3. The molecule has 0 bridgehead atoms. The van der Waals surface area contributed by atoms with Gasteiger partial charge in [0.1, 0.15) is 12.4 Å². The normalized spacial score (nSPS) is 19.9. The summed E-state index contributed by atoms with van der Waals surface area (Å²) in [6.07, 6.45) is 0.615. The van der Waals surface area contributed by atoms with Crippen molar-refractivity contribution < 1.29 is 14.3 Å². The number of carbonyl (C=O) groups is 1. The van der Waals surface area contributed by atoms with Gasteiger partial charge in [-0.05, 0) is 34.5 Å². The highest BCUT2D eigenvalue weighted by Gasteiger charge is 2.42. The van der Waals surface area contributed by atoms with E-state index in [-0.39, 0.29) is 5.97 Å². The fraction of sp³-hybridized carbons (Fsp3) is 0.278. The largest absolute Gasteiger partial charge is 0.492 e. The van der Waals surface area contributed by atoms with Crippen molar-refractivity contribution in [1.29, 1.82) is 0 Å². The summed E-state index contributed by atoms with van der Waals surface area (Å²) >= 11 is 3.48. The Kier molecular flexibility index (Phi) is 4.21. The molecule has 0 amide bonds. The highest BCUT2D eigenvalue weighted by atomic mass is 79.9. The maximum atomic E-state index is 12.7. The van der Waals surface area contributed by atoms with E-state index in [1.54, 1.807) is 0 Å². The predicted octanol–water partition coefficient (Wildman–Crippen LogP) is 4.23. The van der Waals surface area contributed by atoms with Crippen molar-refractivity contribution in [3.05, 3.63) is 64.1 Å². The maximum Gasteiger partial charge on any atom is 0.316 e. The molecule has 2 aromatic rings. The van der Waals surface area contributed by atoms with E-state index in [0.717, 1.165) is 21.3 Å². The summed E-state index contributed by atoms with van der Waals surface area (Å²) in [5.41, 5.74) is 1.19. The van der Waals surface area contributed by atoms with Gasteiger partial charge in [0.15, 0.2) is 0 Å². The molecule has 3 rings (SSSR count). The average molecular weight is 361 g/mol. The highest BCUT2D eigenvalue weighted by Crippen LogP contribution is 2.43. The van der Waals surface area contributed by atoms with E-state index < -0.39 is 5.41 Å². The van der Waals surface area contributed by atoms with Crippen LogP contribution in [0, 0.1) is 0 Å². The van der Waals surface area contributed by atoms with E-state index in [9.17, 15) is 4.79 Å². The molecule has 0 saturated heterocycles. The second-order valence-electron chi connectivity index (χ2n) is 5.61. The van der Waals surface area contributed by atoms with Crippen LogP contribution < -0.4 is 4.74 Å². The first-order chi connectivity index (χ1) is 10.6. The summed E-state index contributed by atoms with van der Waals surface area (Å²) < 4.78 is 12.1. The van der Waals surface area contributed by atoms with Gasteiger partial charge in [0.25, 0.3) is 0 Å². The number of hydrogen-bond donors (Lipinski definition) is 0. The van der Waals surface area contributed by atoms with E-state index in [0.29, 0.717) is 19.6 Å². The monoisotopic (exact) mass is 360 g/mol. The molecule has 1 heterocycles. The standard InChI is InChI=1S/C18H17BrO3/c1-18(17(20)22-12-13-6-3-2-4-7-13)10-11-21-16-14(18)8-5-9-15(16)19/h2-9H,10-12H2,1H3/t18-/m0/s1. The number of para-hydroxylation sites is 1. The van der Waals surface area contributed by atoms with Gasteiger partial charge in [-0.1, -0.05) is 42.5 Å². The van der Waals surface area contributed by atoms with Crippen LogP contribution in [0.5, 0.6) is 5.75 Å². The molecule has 1 atom stereocenters. The minimum atomic E-state index is -0.674. The van der Waals surface area contributed by atoms with Crippen LogP contribution in [0.1, 0.15) is 24.5 Å². The van der Waals surface area contributed by atoms with Gasteiger partial charge >= 0.3 is 5.97 Å². The SMILES string of the molecule is C[C@]1(C(=O)OCc2ccccc2)CCOc2c(Br)cccc21. The number of halogens is 1. The van der Waals surface area contributed by atoms with Gasteiger partial charge < -0.3 is 9.47 Å². The number of rotatable bonds is 3. The summed E-state index contributed by atoms with van der Waals surface area (Å²) in [5, 5.41) is 0. The summed E-state index contributed by atoms with van der Waals surface area (Å²) in [6, 6.07) is 15.5. The Morgan fingerprint density at radius 3 is 2.77 bits per heavy atom. The van der Waals surface area contributed by atoms with Crippen molar-refractivity contribution in [3.63, 3.8) is 0 Å². The van der Waals surface area contributed by atoms with Crippen molar-refractivity contribution >= 4 is 21.9 Å². The van der Waals surface area contributed by atoms with E-state index in [4.69, 9.17) is 9.47 Å². The van der Waals surface area contributed by atoms with Crippen molar-refractivity contribution in [2.45, 2.75) is 25.4 Å². The lowest BCUT2D eigenvalue weighted by molar-refractivity contribution is -0.152. The molecule has 0 unspecified atom stereocenters. The van der Waals surface area contributed by atoms with Gasteiger partial charge in [-0.2, -0.15) is 0 Å². The van der Waals surface area contributed by atoms with Gasteiger partial charge in [0, 0.05) is 12.0 Å². The number of fused-ring (bicyclic) bond motifs is 1. The van der Waals surface area contributed by atoms with Crippen LogP contribution in [-0.2, 0) is 21.6 Å². The Hall–Kier alpha value is -1.81. The van der Waals surface area contributed by atoms with E-state index in [1.807, 2.05) is 55.5 Å². The molecule has 0 fully saturated rings. The quantitative estimate of drug-likeness (QED) is 0.768. The lowest BCUT2D eigenvalue weighted by Gasteiger charge is -2.34. The number of benzene rings is 2. The number of carbonyl (C=O) groups excluding carboxylic acids is 1. The smallest absolute Gasteiger partial charge is 0.316 e. The number of hydrogen-bond acceptors (Lipinski definition) is 3. The summed E-state index contributed by atoms with van der Waals surface area (Å²) in [7, 11) is 0. The third-order valence-electron chi connectivity index (χ3n) is 4.07. The molecule has 114 valence electrons. The van der Waals surface area contributed by atoms with Gasteiger partial charge in [0.05, 0.1) is 16.5 Å². The molecule has 22 heavy (non-hydrogen) atoms. The van der Waals surface area contributed by atoms with Crippen LogP contribution >= 0.6 is 15.9 Å². The van der Waals surface area contributed by atoms with Crippen LogP contribution in [-0.4, -0.2) is 12.6 Å². The molecule has 4 heteroatoms. The molecule has 0 spiro atoms.